The van der Waals surface area contributed by atoms with Crippen LogP contribution in [0.2, 0.25) is 0 Å². The van der Waals surface area contributed by atoms with Crippen LogP contribution in [0.3, 0.4) is 0 Å². The number of rotatable bonds is 5. The van der Waals surface area contributed by atoms with E-state index in [2.05, 4.69) is 45.0 Å². The molecule has 0 aliphatic heterocycles. The Bertz CT molecular complexity index is 953. The molecule has 0 spiro atoms. The Hall–Kier alpha value is -2.19. The highest BCUT2D eigenvalue weighted by atomic mass is 16.3. The molecule has 2 aromatic carbocycles. The maximum absolute atomic E-state index is 13.4. The second-order valence-electron chi connectivity index (χ2n) is 9.45. The molecule has 0 aromatic heterocycles. The molecule has 0 saturated heterocycles. The lowest BCUT2D eigenvalue weighted by Gasteiger charge is -2.42. The van der Waals surface area contributed by atoms with Crippen molar-refractivity contribution >= 4 is 5.78 Å². The monoisotopic (exact) mass is 388 g/mol. The van der Waals surface area contributed by atoms with Gasteiger partial charge in [0.05, 0.1) is 6.10 Å². The van der Waals surface area contributed by atoms with Gasteiger partial charge in [-0.05, 0) is 67.2 Å². The van der Waals surface area contributed by atoms with Crippen LogP contribution in [-0.2, 0) is 18.3 Å². The summed E-state index contributed by atoms with van der Waals surface area (Å²) in [7, 11) is 0. The Labute approximate surface area is 174 Å². The van der Waals surface area contributed by atoms with Crippen LogP contribution in [-0.4, -0.2) is 17.0 Å². The number of ketones is 1. The minimum absolute atomic E-state index is 0.00353. The van der Waals surface area contributed by atoms with Crippen molar-refractivity contribution in [1.29, 1.82) is 0 Å². The van der Waals surface area contributed by atoms with Crippen molar-refractivity contribution in [3.05, 3.63) is 81.9 Å². The predicted molar refractivity (Wildman–Crippen MR) is 118 cm³/mol. The second kappa shape index (κ2) is 7.91. The molecular weight excluding hydrogens is 356 g/mol. The molecule has 1 saturated carbocycles. The average Bonchev–Trinajstić information content (AvgIpc) is 2.72. The van der Waals surface area contributed by atoms with E-state index in [1.165, 1.54) is 16.7 Å². The van der Waals surface area contributed by atoms with Crippen molar-refractivity contribution in [2.75, 3.05) is 0 Å². The van der Waals surface area contributed by atoms with Gasteiger partial charge in [-0.3, -0.25) is 4.79 Å². The number of hydrogen-bond acceptors (Lipinski definition) is 2. The fourth-order valence-corrected chi connectivity index (χ4v) is 5.05. The van der Waals surface area contributed by atoms with Crippen molar-refractivity contribution < 1.29 is 9.90 Å². The standard InChI is InChI=1S/C27H32O2/c1-18(2)8-9-19-6-4-5-7-24(19)26(29)21-11-13-25-20(16-21)10-12-22-17-23(28)14-15-27(22,25)3/h4-7,11-13,16,18,23,28H,8-10,14-15,17H2,1-3H3/t23-,27-/m0/s1. The van der Waals surface area contributed by atoms with Crippen LogP contribution in [0, 0.1) is 5.92 Å². The van der Waals surface area contributed by atoms with Crippen LogP contribution in [0.15, 0.2) is 54.1 Å². The highest BCUT2D eigenvalue weighted by Gasteiger charge is 2.39. The quantitative estimate of drug-likeness (QED) is 0.520. The largest absolute Gasteiger partial charge is 0.393 e. The van der Waals surface area contributed by atoms with Crippen molar-refractivity contribution in [1.82, 2.24) is 0 Å². The lowest BCUT2D eigenvalue weighted by molar-refractivity contribution is 0.103. The van der Waals surface area contributed by atoms with Gasteiger partial charge in [-0.25, -0.2) is 0 Å². The Morgan fingerprint density at radius 1 is 1.21 bits per heavy atom. The number of hydrogen-bond donors (Lipinski definition) is 1. The first-order valence-corrected chi connectivity index (χ1v) is 11.0. The number of carbonyl (C=O) groups excluding carboxylic acids is 1. The SMILES string of the molecule is CC(C)CCc1ccccc1C(=O)c1ccc2c(c1)CC=C1C[C@@H](O)CC[C@@]12C. The van der Waals surface area contributed by atoms with E-state index in [1.807, 2.05) is 24.3 Å². The number of allylic oxidation sites excluding steroid dienone is 1. The Balaban J connectivity index is 1.64. The molecule has 0 amide bonds. The fraction of sp³-hybridized carbons (Fsp3) is 0.444. The first-order chi connectivity index (χ1) is 13.9. The van der Waals surface area contributed by atoms with E-state index < -0.39 is 0 Å². The topological polar surface area (TPSA) is 37.3 Å². The molecule has 2 aromatic rings. The van der Waals surface area contributed by atoms with Gasteiger partial charge in [-0.15, -0.1) is 0 Å². The van der Waals surface area contributed by atoms with Gasteiger partial charge in [0.25, 0.3) is 0 Å². The maximum atomic E-state index is 13.4. The van der Waals surface area contributed by atoms with E-state index in [-0.39, 0.29) is 17.3 Å². The summed E-state index contributed by atoms with van der Waals surface area (Å²) in [6, 6.07) is 14.4. The van der Waals surface area contributed by atoms with Gasteiger partial charge in [-0.1, -0.05) is 68.8 Å². The Morgan fingerprint density at radius 2 is 2.00 bits per heavy atom. The van der Waals surface area contributed by atoms with Gasteiger partial charge < -0.3 is 5.11 Å². The number of aryl methyl sites for hydroxylation is 1. The molecule has 1 N–H and O–H groups in total. The van der Waals surface area contributed by atoms with Crippen LogP contribution in [0.5, 0.6) is 0 Å². The van der Waals surface area contributed by atoms with Gasteiger partial charge in [-0.2, -0.15) is 0 Å². The highest BCUT2D eigenvalue weighted by molar-refractivity contribution is 6.10. The number of fused-ring (bicyclic) bond motifs is 3. The zero-order valence-corrected chi connectivity index (χ0v) is 17.9. The van der Waals surface area contributed by atoms with Gasteiger partial charge in [0.1, 0.15) is 0 Å². The summed E-state index contributed by atoms with van der Waals surface area (Å²) >= 11 is 0. The molecule has 2 atom stereocenters. The highest BCUT2D eigenvalue weighted by Crippen LogP contribution is 2.47. The molecular formula is C27H32O2. The van der Waals surface area contributed by atoms with E-state index in [1.54, 1.807) is 0 Å². The number of aliphatic hydroxyl groups excluding tert-OH is 1. The molecule has 2 nitrogen and oxygen atoms in total. The third-order valence-corrected chi connectivity index (χ3v) is 6.93. The second-order valence-corrected chi connectivity index (χ2v) is 9.45. The van der Waals surface area contributed by atoms with Gasteiger partial charge in [0.2, 0.25) is 0 Å². The summed E-state index contributed by atoms with van der Waals surface area (Å²) in [5.74, 6) is 0.754. The molecule has 2 heteroatoms. The van der Waals surface area contributed by atoms with Crippen molar-refractivity contribution in [2.24, 2.45) is 5.92 Å². The molecule has 0 bridgehead atoms. The zero-order valence-electron chi connectivity index (χ0n) is 17.9. The number of aliphatic hydroxyl groups is 1. The molecule has 29 heavy (non-hydrogen) atoms. The van der Waals surface area contributed by atoms with Crippen LogP contribution in [0.4, 0.5) is 0 Å². The molecule has 0 radical (unpaired) electrons. The summed E-state index contributed by atoms with van der Waals surface area (Å²) in [6.07, 6.45) is 7.55. The lowest BCUT2D eigenvalue weighted by Crippen LogP contribution is -2.36. The van der Waals surface area contributed by atoms with Gasteiger partial charge >= 0.3 is 0 Å². The van der Waals surface area contributed by atoms with Crippen molar-refractivity contribution in [3.8, 4) is 0 Å². The van der Waals surface area contributed by atoms with E-state index in [0.29, 0.717) is 5.92 Å². The number of carbonyl (C=O) groups is 1. The smallest absolute Gasteiger partial charge is 0.193 e. The van der Waals surface area contributed by atoms with Crippen LogP contribution >= 0.6 is 0 Å². The minimum atomic E-state index is -0.209. The molecule has 152 valence electrons. The third kappa shape index (κ3) is 3.83. The molecule has 0 heterocycles. The summed E-state index contributed by atoms with van der Waals surface area (Å²) in [5, 5.41) is 10.1. The lowest BCUT2D eigenvalue weighted by atomic mass is 9.62. The van der Waals surface area contributed by atoms with Crippen LogP contribution < -0.4 is 0 Å². The zero-order chi connectivity index (χ0) is 20.6. The summed E-state index contributed by atoms with van der Waals surface area (Å²) in [5.41, 5.74) is 6.75. The van der Waals surface area contributed by atoms with Crippen LogP contribution in [0.25, 0.3) is 0 Å². The number of benzene rings is 2. The van der Waals surface area contributed by atoms with Crippen molar-refractivity contribution in [3.63, 3.8) is 0 Å². The minimum Gasteiger partial charge on any atom is -0.393 e. The maximum Gasteiger partial charge on any atom is 0.193 e. The van der Waals surface area contributed by atoms with Crippen molar-refractivity contribution in [2.45, 2.75) is 70.8 Å². The fourth-order valence-electron chi connectivity index (χ4n) is 5.05. The van der Waals surface area contributed by atoms with E-state index >= 15 is 0 Å². The third-order valence-electron chi connectivity index (χ3n) is 6.93. The predicted octanol–water partition coefficient (Wildman–Crippen LogP) is 5.79. The molecule has 4 rings (SSSR count). The van der Waals surface area contributed by atoms with E-state index in [4.69, 9.17) is 0 Å². The first-order valence-electron chi connectivity index (χ1n) is 11.0. The Morgan fingerprint density at radius 3 is 2.79 bits per heavy atom. The van der Waals surface area contributed by atoms with E-state index in [9.17, 15) is 9.90 Å². The van der Waals surface area contributed by atoms with Gasteiger partial charge in [0, 0.05) is 16.5 Å². The average molecular weight is 389 g/mol. The molecule has 0 unspecified atom stereocenters. The summed E-state index contributed by atoms with van der Waals surface area (Å²) < 4.78 is 0. The molecule has 2 aliphatic rings. The summed E-state index contributed by atoms with van der Waals surface area (Å²) in [6.45, 7) is 6.74. The first kappa shape index (κ1) is 20.1. The Kier molecular flexibility index (Phi) is 5.48. The summed E-state index contributed by atoms with van der Waals surface area (Å²) in [4.78, 5) is 13.4. The molecule has 2 aliphatic carbocycles. The van der Waals surface area contributed by atoms with Gasteiger partial charge in [0.15, 0.2) is 5.78 Å². The normalized spacial score (nSPS) is 23.3. The molecule has 1 fully saturated rings. The van der Waals surface area contributed by atoms with Crippen LogP contribution in [0.1, 0.15) is 79.1 Å². The van der Waals surface area contributed by atoms with E-state index in [0.717, 1.165) is 55.2 Å².